The van der Waals surface area contributed by atoms with Crippen LogP contribution in [0.2, 0.25) is 0 Å². The number of carbonyl (C=O) groups excluding carboxylic acids is 2. The van der Waals surface area contributed by atoms with Gasteiger partial charge in [0.2, 0.25) is 11.8 Å². The average Bonchev–Trinajstić information content (AvgIpc) is 3.21. The molecule has 146 valence electrons. The monoisotopic (exact) mass is 421 g/mol. The molecular weight excluding hydrogens is 402 g/mol. The summed E-state index contributed by atoms with van der Waals surface area (Å²) in [5.41, 5.74) is 2.25. The van der Waals surface area contributed by atoms with E-state index in [1.165, 1.54) is 6.08 Å². The zero-order valence-corrected chi connectivity index (χ0v) is 17.1. The van der Waals surface area contributed by atoms with Crippen molar-refractivity contribution >= 4 is 57.9 Å². The number of rotatable bonds is 6. The van der Waals surface area contributed by atoms with Crippen molar-refractivity contribution in [1.82, 2.24) is 5.32 Å². The minimum atomic E-state index is -0.316. The number of benzene rings is 2. The number of thiophene rings is 1. The van der Waals surface area contributed by atoms with E-state index in [0.29, 0.717) is 17.8 Å². The van der Waals surface area contributed by atoms with Crippen LogP contribution in [-0.4, -0.2) is 16.9 Å². The Labute approximate surface area is 178 Å². The van der Waals surface area contributed by atoms with Gasteiger partial charge in [0.25, 0.3) is 0 Å². The Morgan fingerprint density at radius 1 is 0.931 bits per heavy atom. The summed E-state index contributed by atoms with van der Waals surface area (Å²) in [4.78, 5) is 25.1. The second-order valence-corrected chi connectivity index (χ2v) is 7.47. The quantitative estimate of drug-likeness (QED) is 0.406. The van der Waals surface area contributed by atoms with E-state index in [2.05, 4.69) is 16.0 Å². The molecule has 0 saturated heterocycles. The summed E-state index contributed by atoms with van der Waals surface area (Å²) in [6.07, 6.45) is 3.45. The molecule has 29 heavy (non-hydrogen) atoms. The largest absolute Gasteiger partial charge is 0.332 e. The highest BCUT2D eigenvalue weighted by atomic mass is 32.1. The van der Waals surface area contributed by atoms with Crippen LogP contribution < -0.4 is 16.0 Å². The first-order chi connectivity index (χ1) is 14.1. The van der Waals surface area contributed by atoms with Gasteiger partial charge >= 0.3 is 0 Å². The third-order valence-electron chi connectivity index (χ3n) is 3.79. The second-order valence-electron chi connectivity index (χ2n) is 6.08. The van der Waals surface area contributed by atoms with Crippen molar-refractivity contribution in [3.05, 3.63) is 88.6 Å². The van der Waals surface area contributed by atoms with E-state index in [0.717, 1.165) is 10.4 Å². The van der Waals surface area contributed by atoms with Gasteiger partial charge < -0.3 is 10.6 Å². The van der Waals surface area contributed by atoms with Crippen LogP contribution in [0.1, 0.15) is 10.4 Å². The zero-order chi connectivity index (χ0) is 20.5. The molecule has 3 aromatic rings. The lowest BCUT2D eigenvalue weighted by Gasteiger charge is -2.10. The van der Waals surface area contributed by atoms with Gasteiger partial charge in [0.05, 0.1) is 6.42 Å². The molecule has 0 bridgehead atoms. The summed E-state index contributed by atoms with van der Waals surface area (Å²) in [5.74, 6) is -0.425. The molecule has 0 radical (unpaired) electrons. The molecule has 2 amide bonds. The SMILES string of the molecule is O=C(/C=C/c1cccs1)NC(=S)Nc1cccc(NC(=O)Cc2ccccc2)c1. The van der Waals surface area contributed by atoms with Gasteiger partial charge in [0.1, 0.15) is 0 Å². The van der Waals surface area contributed by atoms with E-state index in [1.807, 2.05) is 47.8 Å². The van der Waals surface area contributed by atoms with Crippen LogP contribution in [0.15, 0.2) is 78.2 Å². The predicted molar refractivity (Wildman–Crippen MR) is 123 cm³/mol. The van der Waals surface area contributed by atoms with E-state index < -0.39 is 0 Å². The fraction of sp³-hybridized carbons (Fsp3) is 0.0455. The topological polar surface area (TPSA) is 70.2 Å². The zero-order valence-electron chi connectivity index (χ0n) is 15.4. The maximum atomic E-state index is 12.2. The summed E-state index contributed by atoms with van der Waals surface area (Å²) in [6.45, 7) is 0. The van der Waals surface area contributed by atoms with Crippen molar-refractivity contribution in [3.63, 3.8) is 0 Å². The summed E-state index contributed by atoms with van der Waals surface area (Å²) < 4.78 is 0. The molecule has 3 rings (SSSR count). The van der Waals surface area contributed by atoms with Crippen molar-refractivity contribution in [2.24, 2.45) is 0 Å². The number of hydrogen-bond acceptors (Lipinski definition) is 4. The average molecular weight is 422 g/mol. The Morgan fingerprint density at radius 2 is 1.69 bits per heavy atom. The molecule has 0 saturated carbocycles. The number of hydrogen-bond donors (Lipinski definition) is 3. The highest BCUT2D eigenvalue weighted by molar-refractivity contribution is 7.80. The number of carbonyl (C=O) groups is 2. The molecule has 0 atom stereocenters. The fourth-order valence-corrected chi connectivity index (χ4v) is 3.36. The summed E-state index contributed by atoms with van der Waals surface area (Å²) >= 11 is 6.73. The minimum Gasteiger partial charge on any atom is -0.332 e. The maximum absolute atomic E-state index is 12.2. The van der Waals surface area contributed by atoms with Gasteiger partial charge in [0.15, 0.2) is 5.11 Å². The van der Waals surface area contributed by atoms with E-state index in [4.69, 9.17) is 12.2 Å². The van der Waals surface area contributed by atoms with E-state index in [-0.39, 0.29) is 16.9 Å². The van der Waals surface area contributed by atoms with Gasteiger partial charge in [0, 0.05) is 22.3 Å². The lowest BCUT2D eigenvalue weighted by atomic mass is 10.1. The molecule has 0 aliphatic rings. The van der Waals surface area contributed by atoms with Crippen molar-refractivity contribution in [1.29, 1.82) is 0 Å². The summed E-state index contributed by atoms with van der Waals surface area (Å²) in [5, 5.41) is 10.5. The van der Waals surface area contributed by atoms with Crippen molar-refractivity contribution < 1.29 is 9.59 Å². The Morgan fingerprint density at radius 3 is 2.41 bits per heavy atom. The van der Waals surface area contributed by atoms with Crippen LogP contribution in [0.4, 0.5) is 11.4 Å². The van der Waals surface area contributed by atoms with Gasteiger partial charge in [-0.15, -0.1) is 11.3 Å². The second kappa shape index (κ2) is 10.3. The Bertz CT molecular complexity index is 1020. The van der Waals surface area contributed by atoms with Gasteiger partial charge in [-0.2, -0.15) is 0 Å². The highest BCUT2D eigenvalue weighted by Crippen LogP contribution is 2.16. The van der Waals surface area contributed by atoms with E-state index >= 15 is 0 Å². The van der Waals surface area contributed by atoms with Crippen LogP contribution in [-0.2, 0) is 16.0 Å². The molecular formula is C22H19N3O2S2. The smallest absolute Gasteiger partial charge is 0.250 e. The van der Waals surface area contributed by atoms with Gasteiger partial charge in [-0.3, -0.25) is 14.9 Å². The molecule has 0 aliphatic carbocycles. The first-order valence-electron chi connectivity index (χ1n) is 8.86. The number of nitrogens with one attached hydrogen (secondary N) is 3. The highest BCUT2D eigenvalue weighted by Gasteiger charge is 2.06. The Kier molecular flexibility index (Phi) is 7.27. The maximum Gasteiger partial charge on any atom is 0.250 e. The van der Waals surface area contributed by atoms with Crippen molar-refractivity contribution in [3.8, 4) is 0 Å². The molecule has 0 aliphatic heterocycles. The normalized spacial score (nSPS) is 10.5. The van der Waals surface area contributed by atoms with Crippen LogP contribution in [0.25, 0.3) is 6.08 Å². The van der Waals surface area contributed by atoms with Crippen LogP contribution in [0.3, 0.4) is 0 Å². The molecule has 0 unspecified atom stereocenters. The van der Waals surface area contributed by atoms with Crippen molar-refractivity contribution in [2.45, 2.75) is 6.42 Å². The number of anilines is 2. The Hall–Kier alpha value is -3.29. The van der Waals surface area contributed by atoms with Crippen LogP contribution in [0, 0.1) is 0 Å². The first kappa shape index (κ1) is 20.4. The van der Waals surface area contributed by atoms with Gasteiger partial charge in [-0.05, 0) is 53.5 Å². The third kappa shape index (κ3) is 6.99. The standard InChI is InChI=1S/C22H19N3O2S2/c26-20(12-11-19-10-5-13-29-19)25-22(28)24-18-9-4-8-17(15-18)23-21(27)14-16-6-2-1-3-7-16/h1-13,15H,14H2,(H,23,27)(H2,24,25,26,28)/b12-11+. The number of amides is 2. The minimum absolute atomic E-state index is 0.108. The molecule has 0 spiro atoms. The molecule has 2 aromatic carbocycles. The molecule has 5 nitrogen and oxygen atoms in total. The molecule has 7 heteroatoms. The molecule has 0 fully saturated rings. The Balaban J connectivity index is 1.51. The molecule has 3 N–H and O–H groups in total. The first-order valence-corrected chi connectivity index (χ1v) is 10.1. The van der Waals surface area contributed by atoms with Gasteiger partial charge in [-0.25, -0.2) is 0 Å². The van der Waals surface area contributed by atoms with Gasteiger partial charge in [-0.1, -0.05) is 42.5 Å². The number of thiocarbonyl (C=S) groups is 1. The summed E-state index contributed by atoms with van der Waals surface area (Å²) in [7, 11) is 0. The molecule has 1 heterocycles. The lowest BCUT2D eigenvalue weighted by Crippen LogP contribution is -2.32. The van der Waals surface area contributed by atoms with E-state index in [1.54, 1.807) is 41.7 Å². The lowest BCUT2D eigenvalue weighted by molar-refractivity contribution is -0.116. The van der Waals surface area contributed by atoms with Crippen molar-refractivity contribution in [2.75, 3.05) is 10.6 Å². The summed E-state index contributed by atoms with van der Waals surface area (Å²) in [6, 6.07) is 20.5. The molecule has 1 aromatic heterocycles. The fourth-order valence-electron chi connectivity index (χ4n) is 2.52. The third-order valence-corrected chi connectivity index (χ3v) is 4.83. The van der Waals surface area contributed by atoms with E-state index in [9.17, 15) is 9.59 Å². The van der Waals surface area contributed by atoms with Crippen LogP contribution in [0.5, 0.6) is 0 Å². The predicted octanol–water partition coefficient (Wildman–Crippen LogP) is 4.46. The van der Waals surface area contributed by atoms with Crippen LogP contribution >= 0.6 is 23.6 Å².